The fourth-order valence-electron chi connectivity index (χ4n) is 6.29. The van der Waals surface area contributed by atoms with Crippen molar-refractivity contribution in [2.75, 3.05) is 19.8 Å². The first-order chi connectivity index (χ1) is 29.6. The van der Waals surface area contributed by atoms with E-state index < -0.39 is 158 Å². The number of aliphatic carboxylic acids is 3. The third-order valence-electron chi connectivity index (χ3n) is 9.64. The van der Waals surface area contributed by atoms with Gasteiger partial charge in [-0.05, 0) is 30.7 Å². The monoisotopic (exact) mass is 893 g/mol. The number of aliphatic hydroxyl groups is 2. The van der Waals surface area contributed by atoms with Gasteiger partial charge in [-0.25, -0.2) is 4.79 Å². The van der Waals surface area contributed by atoms with Gasteiger partial charge >= 0.3 is 17.9 Å². The number of hydrogen-bond donors (Lipinski definition) is 13. The van der Waals surface area contributed by atoms with E-state index >= 15 is 0 Å². The minimum atomic E-state index is -1.87. The molecule has 0 bridgehead atoms. The predicted octanol–water partition coefficient (Wildman–Crippen LogP) is -5.60. The third kappa shape index (κ3) is 16.9. The van der Waals surface area contributed by atoms with Crippen molar-refractivity contribution in [1.82, 2.24) is 36.8 Å². The fraction of sp³-hybridized carbons (Fsp3) is 0.553. The smallest absolute Gasteiger partial charge is 0.326 e. The highest BCUT2D eigenvalue weighted by Gasteiger charge is 2.40. The topological polar surface area (TPSA) is 416 Å². The van der Waals surface area contributed by atoms with Gasteiger partial charge in [0.15, 0.2) is 0 Å². The summed E-state index contributed by atoms with van der Waals surface area (Å²) in [7, 11) is 0. The molecule has 0 aromatic heterocycles. The first-order valence-electron chi connectivity index (χ1n) is 19.7. The Kier molecular flexibility index (Phi) is 21.0. The largest absolute Gasteiger partial charge is 0.481 e. The summed E-state index contributed by atoms with van der Waals surface area (Å²) in [6.07, 6.45) is -2.85. The number of carboxylic acids is 3. The zero-order chi connectivity index (χ0) is 47.6. The Labute approximate surface area is 360 Å². The highest BCUT2D eigenvalue weighted by atomic mass is 16.4. The number of likely N-dealkylation sites (tertiary alicyclic amines) is 1. The molecule has 1 aromatic rings. The highest BCUT2D eigenvalue weighted by Crippen LogP contribution is 2.20. The minimum Gasteiger partial charge on any atom is -0.481 e. The minimum absolute atomic E-state index is 0.0419. The summed E-state index contributed by atoms with van der Waals surface area (Å²) >= 11 is 0. The van der Waals surface area contributed by atoms with Crippen LogP contribution in [0.1, 0.15) is 57.9 Å². The van der Waals surface area contributed by atoms with Crippen LogP contribution in [0.15, 0.2) is 30.3 Å². The summed E-state index contributed by atoms with van der Waals surface area (Å²) in [6.45, 7) is 1.06. The van der Waals surface area contributed by atoms with Crippen molar-refractivity contribution in [1.29, 1.82) is 0 Å². The molecule has 1 aliphatic rings. The van der Waals surface area contributed by atoms with E-state index in [0.29, 0.717) is 5.56 Å². The van der Waals surface area contributed by atoms with Crippen LogP contribution in [-0.4, -0.2) is 164 Å². The predicted molar refractivity (Wildman–Crippen MR) is 214 cm³/mol. The average molecular weight is 894 g/mol. The lowest BCUT2D eigenvalue weighted by molar-refractivity contribution is -0.147. The molecule has 15 N–H and O–H groups in total. The summed E-state index contributed by atoms with van der Waals surface area (Å²) in [4.78, 5) is 141. The van der Waals surface area contributed by atoms with Crippen molar-refractivity contribution in [3.05, 3.63) is 35.9 Å². The summed E-state index contributed by atoms with van der Waals surface area (Å²) in [5.74, 6) is -13.5. The van der Waals surface area contributed by atoms with Gasteiger partial charge < -0.3 is 73.8 Å². The van der Waals surface area contributed by atoms with Gasteiger partial charge in [0.05, 0.1) is 26.1 Å². The van der Waals surface area contributed by atoms with Gasteiger partial charge in [0.2, 0.25) is 47.3 Å². The molecule has 63 heavy (non-hydrogen) atoms. The summed E-state index contributed by atoms with van der Waals surface area (Å²) in [6, 6.07) is -4.48. The molecule has 2 rings (SSSR count). The Morgan fingerprint density at radius 2 is 1.25 bits per heavy atom. The van der Waals surface area contributed by atoms with Crippen molar-refractivity contribution in [2.45, 2.75) is 107 Å². The molecule has 8 atom stereocenters. The second-order valence-corrected chi connectivity index (χ2v) is 14.9. The second kappa shape index (κ2) is 25.3. The van der Waals surface area contributed by atoms with E-state index in [-0.39, 0.29) is 25.8 Å². The lowest BCUT2D eigenvalue weighted by Gasteiger charge is -2.30. The molecule has 0 saturated carbocycles. The lowest BCUT2D eigenvalue weighted by Crippen LogP contribution is -2.61. The third-order valence-corrected chi connectivity index (χ3v) is 9.64. The number of primary amides is 1. The van der Waals surface area contributed by atoms with Crippen LogP contribution in [0.5, 0.6) is 0 Å². The number of nitrogens with zero attached hydrogens (tertiary/aromatic N) is 1. The van der Waals surface area contributed by atoms with Crippen LogP contribution in [-0.2, 0) is 59.2 Å². The Balaban J connectivity index is 2.37. The molecule has 1 aliphatic heterocycles. The maximum absolute atomic E-state index is 14.0. The van der Waals surface area contributed by atoms with E-state index in [2.05, 4.69) is 26.6 Å². The Morgan fingerprint density at radius 3 is 1.79 bits per heavy atom. The first-order valence-corrected chi connectivity index (χ1v) is 19.7. The van der Waals surface area contributed by atoms with Crippen LogP contribution in [0.3, 0.4) is 0 Å². The van der Waals surface area contributed by atoms with Gasteiger partial charge in [0, 0.05) is 19.4 Å². The molecule has 1 fully saturated rings. The van der Waals surface area contributed by atoms with Crippen LogP contribution < -0.4 is 43.4 Å². The number of nitrogens with one attached hydrogen (secondary N) is 6. The number of carbonyl (C=O) groups is 11. The Morgan fingerprint density at radius 1 is 0.683 bits per heavy atom. The molecular weight excluding hydrogens is 838 g/mol. The molecule has 1 saturated heterocycles. The number of aliphatic hydroxyl groups excluding tert-OH is 2. The molecule has 8 amide bonds. The molecule has 25 nitrogen and oxygen atoms in total. The molecule has 0 radical (unpaired) electrons. The standard InChI is InChI=1S/C38H55N9O16/c1-18(2)30(36(60)44-24(38(62)63)15-29(53)54)46-32(56)21(10-11-28(51)52)41-33(57)22(13-19-7-4-3-5-8-19)43-35(59)26-9-6-12-47(26)37(61)25(17-49)45-34(58)23(14-27(40)50)42-31(55)20(39)16-48/h3-5,7-8,18,20-26,30,48-49H,6,9-17,39H2,1-2H3,(H2,40,50)(H,41,57)(H,42,55)(H,43,59)(H,44,60)(H,45,58)(H,46,56)(H,51,52)(H,53,54)(H,62,63)/t20-,21-,22-,23-,24-,25-,26-,30-/m0/s1. The molecule has 1 aromatic carbocycles. The molecule has 0 unspecified atom stereocenters. The molecule has 0 aliphatic carbocycles. The normalized spacial score (nSPS) is 16.7. The number of carbonyl (C=O) groups excluding carboxylic acids is 8. The van der Waals surface area contributed by atoms with E-state index in [0.717, 1.165) is 4.90 Å². The van der Waals surface area contributed by atoms with E-state index in [1.54, 1.807) is 30.3 Å². The number of hydrogen-bond acceptors (Lipinski definition) is 14. The van der Waals surface area contributed by atoms with E-state index in [1.165, 1.54) is 13.8 Å². The van der Waals surface area contributed by atoms with E-state index in [1.807, 2.05) is 5.32 Å². The van der Waals surface area contributed by atoms with Gasteiger partial charge in [0.25, 0.3) is 0 Å². The Bertz CT molecular complexity index is 1850. The molecule has 0 spiro atoms. The number of carboxylic acid groups (broad SMARTS) is 3. The number of amides is 8. The Hall–Kier alpha value is -6.73. The SMILES string of the molecule is CC(C)[C@H](NC(=O)[C@H](CCC(=O)O)NC(=O)[C@H](Cc1ccccc1)NC(=O)[C@@H]1CCCN1C(=O)[C@H](CO)NC(=O)[C@H](CC(N)=O)NC(=O)[C@@H](N)CO)C(=O)N[C@@H](CC(=O)O)C(=O)O. The van der Waals surface area contributed by atoms with Crippen molar-refractivity contribution >= 4 is 65.2 Å². The molecule has 25 heteroatoms. The van der Waals surface area contributed by atoms with Gasteiger partial charge in [-0.1, -0.05) is 44.2 Å². The lowest BCUT2D eigenvalue weighted by atomic mass is 10.0. The second-order valence-electron chi connectivity index (χ2n) is 14.9. The molecule has 1 heterocycles. The van der Waals surface area contributed by atoms with Crippen LogP contribution in [0.25, 0.3) is 0 Å². The molecule has 348 valence electrons. The van der Waals surface area contributed by atoms with Crippen molar-refractivity contribution in [2.24, 2.45) is 17.4 Å². The fourth-order valence-corrected chi connectivity index (χ4v) is 6.29. The highest BCUT2D eigenvalue weighted by molar-refractivity contribution is 5.99. The zero-order valence-electron chi connectivity index (χ0n) is 34.5. The van der Waals surface area contributed by atoms with Crippen LogP contribution in [0, 0.1) is 5.92 Å². The van der Waals surface area contributed by atoms with E-state index in [9.17, 15) is 68.1 Å². The summed E-state index contributed by atoms with van der Waals surface area (Å²) in [5.41, 5.74) is 11.2. The van der Waals surface area contributed by atoms with Gasteiger partial charge in [-0.3, -0.25) is 47.9 Å². The van der Waals surface area contributed by atoms with Crippen molar-refractivity contribution < 1.29 is 78.3 Å². The number of rotatable bonds is 26. The van der Waals surface area contributed by atoms with Crippen LogP contribution in [0.4, 0.5) is 0 Å². The van der Waals surface area contributed by atoms with Gasteiger partial charge in [0.1, 0.15) is 48.3 Å². The van der Waals surface area contributed by atoms with E-state index in [4.69, 9.17) is 21.7 Å². The molecular formula is C38H55N9O16. The zero-order valence-corrected chi connectivity index (χ0v) is 34.5. The summed E-state index contributed by atoms with van der Waals surface area (Å²) < 4.78 is 0. The van der Waals surface area contributed by atoms with Crippen molar-refractivity contribution in [3.8, 4) is 0 Å². The first kappa shape index (κ1) is 52.4. The maximum atomic E-state index is 14.0. The van der Waals surface area contributed by atoms with Gasteiger partial charge in [-0.15, -0.1) is 0 Å². The maximum Gasteiger partial charge on any atom is 0.326 e. The number of nitrogens with two attached hydrogens (primary N) is 2. The van der Waals surface area contributed by atoms with Gasteiger partial charge in [-0.2, -0.15) is 0 Å². The quantitative estimate of drug-likeness (QED) is 0.0412. The van der Waals surface area contributed by atoms with Crippen LogP contribution >= 0.6 is 0 Å². The summed E-state index contributed by atoms with van der Waals surface area (Å²) in [5, 5.41) is 60.9. The van der Waals surface area contributed by atoms with Crippen LogP contribution in [0.2, 0.25) is 0 Å². The number of benzene rings is 1. The van der Waals surface area contributed by atoms with Crippen molar-refractivity contribution in [3.63, 3.8) is 0 Å². The average Bonchev–Trinajstić information content (AvgIpc) is 3.72.